The Hall–Kier alpha value is -1.91. The number of carbonyl (C=O) groups is 1. The highest BCUT2D eigenvalue weighted by atomic mass is 32.2. The maximum Gasteiger partial charge on any atom is 0.296 e. The average molecular weight is 334 g/mol. The SMILES string of the molecule is C=CS(=O)(=O)CCNc1ccc(C(N)=O)cc1S(=O)(=O)O. The minimum Gasteiger partial charge on any atom is -0.383 e. The molecule has 1 rings (SSSR count). The standard InChI is InChI=1S/C11H14N2O6S2/c1-2-20(15,16)6-5-13-9-4-3-8(11(12)14)7-10(9)21(17,18)19/h2-4,7,13H,1,5-6H2,(H2,12,14)(H,17,18,19). The van der Waals surface area contributed by atoms with E-state index in [9.17, 15) is 21.6 Å². The normalized spacial score (nSPS) is 11.9. The first-order valence-electron chi connectivity index (χ1n) is 5.57. The van der Waals surface area contributed by atoms with Gasteiger partial charge in [0.2, 0.25) is 5.91 Å². The minimum atomic E-state index is -4.60. The van der Waals surface area contributed by atoms with E-state index < -0.39 is 30.8 Å². The van der Waals surface area contributed by atoms with E-state index in [-0.39, 0.29) is 23.5 Å². The van der Waals surface area contributed by atoms with Crippen molar-refractivity contribution in [2.75, 3.05) is 17.6 Å². The highest BCUT2D eigenvalue weighted by Gasteiger charge is 2.18. The second kappa shape index (κ2) is 6.24. The second-order valence-corrected chi connectivity index (χ2v) is 7.47. The van der Waals surface area contributed by atoms with E-state index in [1.807, 2.05) is 0 Å². The maximum absolute atomic E-state index is 11.3. The summed E-state index contributed by atoms with van der Waals surface area (Å²) < 4.78 is 54.1. The van der Waals surface area contributed by atoms with Crippen LogP contribution in [0.3, 0.4) is 0 Å². The Morgan fingerprint density at radius 2 is 1.95 bits per heavy atom. The van der Waals surface area contributed by atoms with Crippen LogP contribution >= 0.6 is 0 Å². The van der Waals surface area contributed by atoms with Gasteiger partial charge >= 0.3 is 0 Å². The van der Waals surface area contributed by atoms with Crippen LogP contribution in [0.5, 0.6) is 0 Å². The lowest BCUT2D eigenvalue weighted by Gasteiger charge is -2.10. The molecule has 1 amide bonds. The molecule has 0 aliphatic heterocycles. The van der Waals surface area contributed by atoms with Crippen LogP contribution in [0.1, 0.15) is 10.4 Å². The Morgan fingerprint density at radius 1 is 1.33 bits per heavy atom. The number of hydrogen-bond acceptors (Lipinski definition) is 6. The average Bonchev–Trinajstić information content (AvgIpc) is 2.37. The molecule has 21 heavy (non-hydrogen) atoms. The van der Waals surface area contributed by atoms with Gasteiger partial charge in [0.25, 0.3) is 10.1 Å². The number of sulfone groups is 1. The van der Waals surface area contributed by atoms with Crippen LogP contribution in [0.4, 0.5) is 5.69 Å². The summed E-state index contributed by atoms with van der Waals surface area (Å²) in [6, 6.07) is 3.37. The van der Waals surface area contributed by atoms with Crippen molar-refractivity contribution >= 4 is 31.5 Å². The summed E-state index contributed by atoms with van der Waals surface area (Å²) in [5.41, 5.74) is 4.88. The van der Waals surface area contributed by atoms with E-state index in [1.165, 1.54) is 12.1 Å². The van der Waals surface area contributed by atoms with Gasteiger partial charge in [-0.15, -0.1) is 0 Å². The van der Waals surface area contributed by atoms with Gasteiger partial charge in [0.05, 0.1) is 11.4 Å². The molecule has 8 nitrogen and oxygen atoms in total. The lowest BCUT2D eigenvalue weighted by Crippen LogP contribution is -2.17. The molecule has 0 heterocycles. The van der Waals surface area contributed by atoms with E-state index in [1.54, 1.807) is 0 Å². The molecular weight excluding hydrogens is 320 g/mol. The van der Waals surface area contributed by atoms with Gasteiger partial charge in [-0.3, -0.25) is 9.35 Å². The molecular formula is C11H14N2O6S2. The van der Waals surface area contributed by atoms with Crippen LogP contribution in [0.2, 0.25) is 0 Å². The quantitative estimate of drug-likeness (QED) is 0.595. The Kier molecular flexibility index (Phi) is 5.10. The van der Waals surface area contributed by atoms with E-state index in [0.29, 0.717) is 0 Å². The van der Waals surface area contributed by atoms with Crippen LogP contribution in [-0.4, -0.2) is 39.6 Å². The monoisotopic (exact) mass is 334 g/mol. The van der Waals surface area contributed by atoms with E-state index in [4.69, 9.17) is 10.3 Å². The summed E-state index contributed by atoms with van der Waals surface area (Å²) in [5, 5.41) is 3.34. The third-order valence-corrected chi connectivity index (χ3v) is 4.67. The number of benzene rings is 1. The molecule has 0 unspecified atom stereocenters. The van der Waals surface area contributed by atoms with Crippen LogP contribution in [0.25, 0.3) is 0 Å². The maximum atomic E-state index is 11.3. The number of anilines is 1. The van der Waals surface area contributed by atoms with Crippen LogP contribution in [-0.2, 0) is 20.0 Å². The Labute approximate surface area is 122 Å². The molecule has 0 atom stereocenters. The second-order valence-electron chi connectivity index (χ2n) is 4.01. The van der Waals surface area contributed by atoms with E-state index in [2.05, 4.69) is 11.9 Å². The zero-order valence-electron chi connectivity index (χ0n) is 10.8. The number of rotatable bonds is 7. The van der Waals surface area contributed by atoms with Gasteiger partial charge in [0.1, 0.15) is 4.90 Å². The molecule has 0 aliphatic carbocycles. The zero-order valence-corrected chi connectivity index (χ0v) is 12.4. The first kappa shape index (κ1) is 17.1. The topological polar surface area (TPSA) is 144 Å². The number of amides is 1. The van der Waals surface area contributed by atoms with Gasteiger partial charge in [0, 0.05) is 17.5 Å². The largest absolute Gasteiger partial charge is 0.383 e. The number of nitrogens with two attached hydrogens (primary N) is 1. The minimum absolute atomic E-state index is 0.0400. The van der Waals surface area contributed by atoms with Crippen molar-refractivity contribution in [3.8, 4) is 0 Å². The smallest absolute Gasteiger partial charge is 0.296 e. The van der Waals surface area contributed by atoms with Crippen molar-refractivity contribution in [2.45, 2.75) is 4.90 Å². The van der Waals surface area contributed by atoms with E-state index in [0.717, 1.165) is 11.5 Å². The summed E-state index contributed by atoms with van der Waals surface area (Å²) in [6.07, 6.45) is 0. The zero-order chi connectivity index (χ0) is 16.3. The summed E-state index contributed by atoms with van der Waals surface area (Å²) in [4.78, 5) is 10.5. The molecule has 0 saturated heterocycles. The van der Waals surface area contributed by atoms with Gasteiger partial charge in [-0.2, -0.15) is 8.42 Å². The number of primary amides is 1. The Morgan fingerprint density at radius 3 is 2.43 bits per heavy atom. The molecule has 1 aromatic carbocycles. The fourth-order valence-electron chi connectivity index (χ4n) is 1.45. The highest BCUT2D eigenvalue weighted by Crippen LogP contribution is 2.22. The number of hydrogen-bond donors (Lipinski definition) is 3. The number of nitrogens with one attached hydrogen (secondary N) is 1. The molecule has 0 aromatic heterocycles. The third-order valence-electron chi connectivity index (χ3n) is 2.50. The highest BCUT2D eigenvalue weighted by molar-refractivity contribution is 7.94. The molecule has 0 spiro atoms. The van der Waals surface area contributed by atoms with Crippen molar-refractivity contribution in [2.24, 2.45) is 5.73 Å². The molecule has 0 aliphatic rings. The Balaban J connectivity index is 3.08. The van der Waals surface area contributed by atoms with E-state index >= 15 is 0 Å². The number of carbonyl (C=O) groups excluding carboxylic acids is 1. The lowest BCUT2D eigenvalue weighted by molar-refractivity contribution is 0.1000. The van der Waals surface area contributed by atoms with Crippen molar-refractivity contribution in [3.63, 3.8) is 0 Å². The van der Waals surface area contributed by atoms with Gasteiger partial charge in [-0.05, 0) is 18.2 Å². The molecule has 1 aromatic rings. The van der Waals surface area contributed by atoms with Crippen LogP contribution < -0.4 is 11.1 Å². The first-order valence-corrected chi connectivity index (χ1v) is 8.73. The fourth-order valence-corrected chi connectivity index (χ4v) is 2.69. The fraction of sp³-hybridized carbons (Fsp3) is 0.182. The van der Waals surface area contributed by atoms with Gasteiger partial charge < -0.3 is 11.1 Å². The van der Waals surface area contributed by atoms with Crippen molar-refractivity contribution in [3.05, 3.63) is 35.7 Å². The molecule has 0 bridgehead atoms. The Bertz CT molecular complexity index is 768. The summed E-state index contributed by atoms with van der Waals surface area (Å²) in [6.45, 7) is 3.04. The molecule has 116 valence electrons. The summed E-state index contributed by atoms with van der Waals surface area (Å²) in [5.74, 6) is -1.17. The van der Waals surface area contributed by atoms with Gasteiger partial charge in [-0.1, -0.05) is 6.58 Å². The van der Waals surface area contributed by atoms with Crippen molar-refractivity contribution in [1.82, 2.24) is 0 Å². The predicted molar refractivity (Wildman–Crippen MR) is 77.2 cm³/mol. The third kappa shape index (κ3) is 4.85. The van der Waals surface area contributed by atoms with Crippen molar-refractivity contribution < 1.29 is 26.2 Å². The van der Waals surface area contributed by atoms with Crippen LogP contribution in [0.15, 0.2) is 35.1 Å². The predicted octanol–water partition coefficient (Wildman–Crippen LogP) is 0.00240. The summed E-state index contributed by atoms with van der Waals surface area (Å²) >= 11 is 0. The summed E-state index contributed by atoms with van der Waals surface area (Å²) in [7, 11) is -8.05. The van der Waals surface area contributed by atoms with Crippen molar-refractivity contribution in [1.29, 1.82) is 0 Å². The van der Waals surface area contributed by atoms with Gasteiger partial charge in [-0.25, -0.2) is 8.42 Å². The lowest BCUT2D eigenvalue weighted by atomic mass is 10.2. The molecule has 0 saturated carbocycles. The molecule has 4 N–H and O–H groups in total. The first-order chi connectivity index (χ1) is 9.57. The van der Waals surface area contributed by atoms with Crippen LogP contribution in [0, 0.1) is 0 Å². The molecule has 0 radical (unpaired) electrons. The molecule has 0 fully saturated rings. The van der Waals surface area contributed by atoms with Gasteiger partial charge in [0.15, 0.2) is 9.84 Å². The molecule has 10 heteroatoms.